The fourth-order valence-corrected chi connectivity index (χ4v) is 2.53. The topological polar surface area (TPSA) is 52.3 Å². The van der Waals surface area contributed by atoms with E-state index in [1.54, 1.807) is 7.11 Å². The molecule has 1 rings (SSSR count). The molecular weight excluding hydrogens is 250 g/mol. The second-order valence-electron chi connectivity index (χ2n) is 5.83. The first kappa shape index (κ1) is 16.7. The Labute approximate surface area is 122 Å². The van der Waals surface area contributed by atoms with Gasteiger partial charge >= 0.3 is 0 Å². The molecule has 112 valence electrons. The van der Waals surface area contributed by atoms with Crippen molar-refractivity contribution < 1.29 is 9.53 Å². The third kappa shape index (κ3) is 4.34. The number of rotatable bonds is 7. The van der Waals surface area contributed by atoms with Crippen molar-refractivity contribution in [3.8, 4) is 5.75 Å². The Kier molecular flexibility index (Phi) is 6.21. The van der Waals surface area contributed by atoms with Crippen molar-refractivity contribution in [2.75, 3.05) is 7.11 Å². The maximum atomic E-state index is 12.6. The number of ether oxygens (including phenoxy) is 1. The van der Waals surface area contributed by atoms with Crippen LogP contribution in [0.5, 0.6) is 5.75 Å². The molecule has 1 aromatic rings. The third-order valence-corrected chi connectivity index (χ3v) is 3.65. The highest BCUT2D eigenvalue weighted by Crippen LogP contribution is 2.28. The van der Waals surface area contributed by atoms with E-state index in [9.17, 15) is 4.79 Å². The monoisotopic (exact) mass is 277 g/mol. The van der Waals surface area contributed by atoms with Gasteiger partial charge in [-0.15, -0.1) is 0 Å². The summed E-state index contributed by atoms with van der Waals surface area (Å²) >= 11 is 0. The van der Waals surface area contributed by atoms with Crippen LogP contribution in [0.25, 0.3) is 0 Å². The van der Waals surface area contributed by atoms with Gasteiger partial charge in [0.2, 0.25) is 0 Å². The van der Waals surface area contributed by atoms with Crippen LogP contribution in [0, 0.1) is 19.8 Å². The van der Waals surface area contributed by atoms with Gasteiger partial charge in [0.1, 0.15) is 5.75 Å². The first-order chi connectivity index (χ1) is 9.36. The molecule has 0 aromatic heterocycles. The number of hydrogen-bond acceptors (Lipinski definition) is 3. The summed E-state index contributed by atoms with van der Waals surface area (Å²) in [5, 5.41) is 0. The smallest absolute Gasteiger partial charge is 0.169 e. The zero-order chi connectivity index (χ0) is 15.3. The second kappa shape index (κ2) is 7.44. The molecule has 0 aliphatic carbocycles. The van der Waals surface area contributed by atoms with E-state index in [-0.39, 0.29) is 17.7 Å². The van der Waals surface area contributed by atoms with Gasteiger partial charge in [-0.3, -0.25) is 4.79 Å². The SMILES string of the molecule is COc1cc(C)cc(C)c1C(=O)C(C)CCCC(C)N. The molecule has 0 saturated heterocycles. The minimum atomic E-state index is 0.00376. The molecule has 20 heavy (non-hydrogen) atoms. The Morgan fingerprint density at radius 3 is 2.45 bits per heavy atom. The Hall–Kier alpha value is -1.35. The van der Waals surface area contributed by atoms with Gasteiger partial charge in [0, 0.05) is 12.0 Å². The first-order valence-electron chi connectivity index (χ1n) is 7.31. The molecule has 0 saturated carbocycles. The number of nitrogens with two attached hydrogens (primary N) is 1. The van der Waals surface area contributed by atoms with E-state index >= 15 is 0 Å². The van der Waals surface area contributed by atoms with Gasteiger partial charge in [-0.25, -0.2) is 0 Å². The van der Waals surface area contributed by atoms with Gasteiger partial charge in [0.15, 0.2) is 5.78 Å². The van der Waals surface area contributed by atoms with Crippen molar-refractivity contribution in [2.24, 2.45) is 11.7 Å². The fraction of sp³-hybridized carbons (Fsp3) is 0.588. The molecule has 0 bridgehead atoms. The number of hydrogen-bond donors (Lipinski definition) is 1. The van der Waals surface area contributed by atoms with E-state index in [1.165, 1.54) is 0 Å². The lowest BCUT2D eigenvalue weighted by Gasteiger charge is -2.16. The predicted octanol–water partition coefficient (Wildman–Crippen LogP) is 3.65. The normalized spacial score (nSPS) is 13.9. The molecule has 0 aliphatic rings. The maximum absolute atomic E-state index is 12.6. The number of methoxy groups -OCH3 is 1. The lowest BCUT2D eigenvalue weighted by atomic mass is 9.90. The van der Waals surface area contributed by atoms with Crippen LogP contribution in [0.2, 0.25) is 0 Å². The van der Waals surface area contributed by atoms with E-state index in [1.807, 2.05) is 39.8 Å². The summed E-state index contributed by atoms with van der Waals surface area (Å²) in [6, 6.07) is 4.16. The summed E-state index contributed by atoms with van der Waals surface area (Å²) < 4.78 is 5.38. The highest BCUT2D eigenvalue weighted by atomic mass is 16.5. The minimum Gasteiger partial charge on any atom is -0.496 e. The molecular formula is C17H27NO2. The molecule has 0 heterocycles. The average Bonchev–Trinajstić information content (AvgIpc) is 2.36. The quantitative estimate of drug-likeness (QED) is 0.774. The van der Waals surface area contributed by atoms with Gasteiger partial charge in [-0.1, -0.05) is 19.4 Å². The molecule has 2 unspecified atom stereocenters. The Bertz CT molecular complexity index is 466. The summed E-state index contributed by atoms with van der Waals surface area (Å²) in [5.74, 6) is 0.861. The highest BCUT2D eigenvalue weighted by molar-refractivity contribution is 6.01. The predicted molar refractivity (Wildman–Crippen MR) is 83.5 cm³/mol. The van der Waals surface area contributed by atoms with E-state index in [0.29, 0.717) is 5.75 Å². The van der Waals surface area contributed by atoms with Crippen molar-refractivity contribution in [3.05, 3.63) is 28.8 Å². The average molecular weight is 277 g/mol. The molecule has 0 fully saturated rings. The van der Waals surface area contributed by atoms with Crippen molar-refractivity contribution >= 4 is 5.78 Å². The van der Waals surface area contributed by atoms with Gasteiger partial charge in [-0.05, 0) is 50.8 Å². The third-order valence-electron chi connectivity index (χ3n) is 3.65. The zero-order valence-corrected chi connectivity index (χ0v) is 13.3. The van der Waals surface area contributed by atoms with Gasteiger partial charge in [-0.2, -0.15) is 0 Å². The number of ketones is 1. The molecule has 0 aliphatic heterocycles. The van der Waals surface area contributed by atoms with Crippen LogP contribution >= 0.6 is 0 Å². The molecule has 2 atom stereocenters. The summed E-state index contributed by atoms with van der Waals surface area (Å²) in [6.07, 6.45) is 2.82. The van der Waals surface area contributed by atoms with Crippen LogP contribution in [-0.4, -0.2) is 18.9 Å². The van der Waals surface area contributed by atoms with E-state index in [2.05, 4.69) is 0 Å². The Balaban J connectivity index is 2.86. The molecule has 0 amide bonds. The van der Waals surface area contributed by atoms with Gasteiger partial charge < -0.3 is 10.5 Å². The van der Waals surface area contributed by atoms with Gasteiger partial charge in [0.25, 0.3) is 0 Å². The molecule has 0 radical (unpaired) electrons. The first-order valence-corrected chi connectivity index (χ1v) is 7.31. The van der Waals surface area contributed by atoms with Crippen molar-refractivity contribution in [3.63, 3.8) is 0 Å². The van der Waals surface area contributed by atoms with Gasteiger partial charge in [0.05, 0.1) is 12.7 Å². The molecule has 3 nitrogen and oxygen atoms in total. The number of Topliss-reactive ketones (excluding diaryl/α,β-unsaturated/α-hetero) is 1. The molecule has 0 spiro atoms. The van der Waals surface area contributed by atoms with Crippen LogP contribution in [0.3, 0.4) is 0 Å². The largest absolute Gasteiger partial charge is 0.496 e. The van der Waals surface area contributed by atoms with Crippen LogP contribution in [0.15, 0.2) is 12.1 Å². The molecule has 1 aromatic carbocycles. The summed E-state index contributed by atoms with van der Waals surface area (Å²) in [4.78, 5) is 12.6. The number of benzene rings is 1. The molecule has 3 heteroatoms. The highest BCUT2D eigenvalue weighted by Gasteiger charge is 2.21. The van der Waals surface area contributed by atoms with Crippen molar-refractivity contribution in [1.82, 2.24) is 0 Å². The van der Waals surface area contributed by atoms with Crippen molar-refractivity contribution in [1.29, 1.82) is 0 Å². The zero-order valence-electron chi connectivity index (χ0n) is 13.3. The van der Waals surface area contributed by atoms with E-state index in [4.69, 9.17) is 10.5 Å². The number of carbonyl (C=O) groups is 1. The van der Waals surface area contributed by atoms with E-state index < -0.39 is 0 Å². The van der Waals surface area contributed by atoms with Crippen LogP contribution in [0.1, 0.15) is 54.6 Å². The Morgan fingerprint density at radius 1 is 1.25 bits per heavy atom. The minimum absolute atomic E-state index is 0.00376. The standard InChI is InChI=1S/C17H27NO2/c1-11-9-13(3)16(15(10-11)20-5)17(19)12(2)7-6-8-14(4)18/h9-10,12,14H,6-8,18H2,1-5H3. The van der Waals surface area contributed by atoms with Crippen LogP contribution in [0.4, 0.5) is 0 Å². The lowest BCUT2D eigenvalue weighted by Crippen LogP contribution is -2.17. The lowest BCUT2D eigenvalue weighted by molar-refractivity contribution is 0.0918. The molecule has 2 N–H and O–H groups in total. The number of aryl methyl sites for hydroxylation is 2. The van der Waals surface area contributed by atoms with Crippen molar-refractivity contribution in [2.45, 2.75) is 53.0 Å². The van der Waals surface area contributed by atoms with Crippen LogP contribution < -0.4 is 10.5 Å². The number of carbonyl (C=O) groups excluding carboxylic acids is 1. The maximum Gasteiger partial charge on any atom is 0.169 e. The second-order valence-corrected chi connectivity index (χ2v) is 5.83. The fourth-order valence-electron chi connectivity index (χ4n) is 2.53. The summed E-state index contributed by atoms with van der Waals surface area (Å²) in [6.45, 7) is 7.97. The van der Waals surface area contributed by atoms with Crippen LogP contribution in [-0.2, 0) is 0 Å². The summed E-state index contributed by atoms with van der Waals surface area (Å²) in [7, 11) is 1.62. The van der Waals surface area contributed by atoms with E-state index in [0.717, 1.165) is 36.0 Å². The Morgan fingerprint density at radius 2 is 1.90 bits per heavy atom. The summed E-state index contributed by atoms with van der Waals surface area (Å²) in [5.41, 5.74) is 8.58.